The zero-order valence-electron chi connectivity index (χ0n) is 32.7. The molecule has 0 saturated carbocycles. The topological polar surface area (TPSA) is 93.2 Å². The maximum Gasteiger partial charge on any atom is 0.408 e. The number of halogens is 2. The van der Waals surface area contributed by atoms with Crippen LogP contribution in [-0.4, -0.2) is 40.0 Å². The predicted octanol–water partition coefficient (Wildman–Crippen LogP) is 11.8. The van der Waals surface area contributed by atoms with Crippen LogP contribution in [0.25, 0.3) is 11.4 Å². The van der Waals surface area contributed by atoms with E-state index in [4.69, 9.17) is 4.74 Å². The van der Waals surface area contributed by atoms with Crippen LogP contribution in [0.15, 0.2) is 53.9 Å². The van der Waals surface area contributed by atoms with Gasteiger partial charge in [-0.1, -0.05) is 111 Å². The molecule has 282 valence electrons. The van der Waals surface area contributed by atoms with Crippen molar-refractivity contribution in [2.24, 2.45) is 17.8 Å². The van der Waals surface area contributed by atoms with Gasteiger partial charge in [0.05, 0.1) is 5.69 Å². The van der Waals surface area contributed by atoms with Gasteiger partial charge < -0.3 is 15.4 Å². The monoisotopic (exact) mass is 718 g/mol. The number of anilines is 1. The predicted molar refractivity (Wildman–Crippen MR) is 207 cm³/mol. The number of alkyl halides is 2. The molecule has 2 heterocycles. The molecule has 3 atom stereocenters. The van der Waals surface area contributed by atoms with Crippen LogP contribution in [0.3, 0.4) is 0 Å². The minimum atomic E-state index is -2.46. The molecule has 0 bridgehead atoms. The number of ether oxygens (including phenoxy) is 1. The number of carbonyl (C=O) groups excluding carboxylic acids is 2. The number of amides is 2. The Balaban J connectivity index is 0.000000778. The molecular formula is C40H64F2N4O3S. The average molecular weight is 719 g/mol. The number of rotatable bonds is 13. The van der Waals surface area contributed by atoms with E-state index in [2.05, 4.69) is 78.6 Å². The van der Waals surface area contributed by atoms with Gasteiger partial charge in [0.25, 0.3) is 0 Å². The van der Waals surface area contributed by atoms with E-state index in [1.165, 1.54) is 29.7 Å². The van der Waals surface area contributed by atoms with Crippen LogP contribution in [0.2, 0.25) is 0 Å². The van der Waals surface area contributed by atoms with Crippen LogP contribution in [0.1, 0.15) is 120 Å². The fraction of sp³-hybridized carbons (Fsp3) is 0.600. The van der Waals surface area contributed by atoms with Crippen molar-refractivity contribution in [1.82, 2.24) is 15.3 Å². The number of pyridine rings is 1. The second-order valence-electron chi connectivity index (χ2n) is 13.4. The summed E-state index contributed by atoms with van der Waals surface area (Å²) < 4.78 is 31.3. The Hall–Kier alpha value is -3.40. The summed E-state index contributed by atoms with van der Waals surface area (Å²) in [5.41, 5.74) is 3.19. The summed E-state index contributed by atoms with van der Waals surface area (Å²) in [6.07, 6.45) is 4.48. The lowest BCUT2D eigenvalue weighted by Gasteiger charge is -2.23. The summed E-state index contributed by atoms with van der Waals surface area (Å²) >= 11 is 1.30. The third kappa shape index (κ3) is 21.0. The van der Waals surface area contributed by atoms with Crippen molar-refractivity contribution < 1.29 is 23.1 Å². The van der Waals surface area contributed by atoms with Crippen molar-refractivity contribution >= 4 is 28.5 Å². The Morgan fingerprint density at radius 2 is 1.48 bits per heavy atom. The molecule has 3 rings (SSSR count). The molecule has 0 aliphatic carbocycles. The number of nitrogens with one attached hydrogen (secondary N) is 2. The molecule has 7 nitrogen and oxygen atoms in total. The maximum atomic E-state index is 13.1. The zero-order valence-corrected chi connectivity index (χ0v) is 33.5. The van der Waals surface area contributed by atoms with E-state index < -0.39 is 23.5 Å². The molecular weight excluding hydrogens is 655 g/mol. The van der Waals surface area contributed by atoms with Crippen molar-refractivity contribution in [3.8, 4) is 11.4 Å². The highest BCUT2D eigenvalue weighted by molar-refractivity contribution is 7.14. The highest BCUT2D eigenvalue weighted by Crippen LogP contribution is 2.32. The third-order valence-electron chi connectivity index (χ3n) is 7.80. The number of nitrogens with zero attached hydrogens (tertiary/aromatic N) is 2. The van der Waals surface area contributed by atoms with E-state index in [1.54, 1.807) is 34.6 Å². The lowest BCUT2D eigenvalue weighted by atomic mass is 9.91. The molecule has 10 heteroatoms. The van der Waals surface area contributed by atoms with Crippen molar-refractivity contribution in [1.29, 1.82) is 0 Å². The van der Waals surface area contributed by atoms with Gasteiger partial charge >= 0.3 is 6.09 Å². The maximum absolute atomic E-state index is 13.1. The number of aryl methyl sites for hydroxylation is 1. The van der Waals surface area contributed by atoms with Crippen LogP contribution < -0.4 is 10.6 Å². The molecule has 3 aromatic rings. The highest BCUT2D eigenvalue weighted by Gasteiger charge is 2.33. The highest BCUT2D eigenvalue weighted by atomic mass is 32.1. The number of hydrogen-bond acceptors (Lipinski definition) is 6. The molecule has 0 spiro atoms. The first-order valence-corrected chi connectivity index (χ1v) is 18.9. The summed E-state index contributed by atoms with van der Waals surface area (Å²) in [5, 5.41) is 7.30. The molecule has 0 aliphatic heterocycles. The second kappa shape index (κ2) is 24.7. The molecule has 0 saturated heterocycles. The van der Waals surface area contributed by atoms with E-state index in [1.807, 2.05) is 44.4 Å². The molecule has 2 N–H and O–H groups in total. The first-order chi connectivity index (χ1) is 23.5. The van der Waals surface area contributed by atoms with E-state index in [0.29, 0.717) is 23.2 Å². The summed E-state index contributed by atoms with van der Waals surface area (Å²) in [5.74, 6) is -1.91. The molecule has 50 heavy (non-hydrogen) atoms. The van der Waals surface area contributed by atoms with Crippen molar-refractivity contribution in [2.75, 3.05) is 11.9 Å². The van der Waals surface area contributed by atoms with E-state index >= 15 is 0 Å². The Morgan fingerprint density at radius 1 is 0.860 bits per heavy atom. The van der Waals surface area contributed by atoms with Crippen molar-refractivity contribution in [3.05, 3.63) is 65.2 Å². The zero-order chi connectivity index (χ0) is 38.3. The van der Waals surface area contributed by atoms with Gasteiger partial charge in [-0.3, -0.25) is 9.78 Å². The van der Waals surface area contributed by atoms with Crippen LogP contribution in [0.4, 0.5) is 18.7 Å². The van der Waals surface area contributed by atoms with Crippen molar-refractivity contribution in [3.63, 3.8) is 0 Å². The van der Waals surface area contributed by atoms with Gasteiger partial charge in [-0.05, 0) is 70.1 Å². The lowest BCUT2D eigenvalue weighted by molar-refractivity contribution is -0.115. The average Bonchev–Trinajstić information content (AvgIpc) is 3.55. The fourth-order valence-electron chi connectivity index (χ4n) is 4.22. The minimum Gasteiger partial charge on any atom is -0.444 e. The van der Waals surface area contributed by atoms with E-state index in [-0.39, 0.29) is 18.9 Å². The van der Waals surface area contributed by atoms with Crippen LogP contribution in [-0.2, 0) is 16.0 Å². The number of thiazole rings is 1. The Kier molecular flexibility index (Phi) is 23.0. The Bertz CT molecular complexity index is 1350. The number of alkyl carbamates (subject to hydrolysis) is 1. The van der Waals surface area contributed by atoms with Crippen LogP contribution in [0.5, 0.6) is 0 Å². The molecule has 2 amide bonds. The first-order valence-electron chi connectivity index (χ1n) is 18.1. The first kappa shape index (κ1) is 46.6. The number of hydrogen-bond donors (Lipinski definition) is 2. The standard InChI is InChI=1S/C16H20N4O3S.C11H22F2.C11H16.C2H6/c1-10-6-5-7-11(18-10)12-9-24-14(19-12)20-13(21)8-17-15(22)23-16(2,3)4;1-5-9(3)7-8-10(4)11(12,13)6-2;1-3-10(2)9-11-7-5-4-6-8-11;1-2/h5-7,9H,8H2,1-4H3,(H,17,22)(H,19,20,21);9-10H,5-8H2,1-4H3;4-8,10H,3,9H2,1-2H3;1-2H3. The van der Waals surface area contributed by atoms with Gasteiger partial charge in [-0.2, -0.15) is 0 Å². The van der Waals surface area contributed by atoms with Gasteiger partial charge in [-0.15, -0.1) is 11.3 Å². The van der Waals surface area contributed by atoms with E-state index in [0.717, 1.165) is 30.1 Å². The lowest BCUT2D eigenvalue weighted by Crippen LogP contribution is -2.37. The van der Waals surface area contributed by atoms with Crippen molar-refractivity contribution in [2.45, 2.75) is 133 Å². The normalized spacial score (nSPS) is 12.7. The van der Waals surface area contributed by atoms with Crippen LogP contribution in [0, 0.1) is 24.7 Å². The Morgan fingerprint density at radius 3 is 2.02 bits per heavy atom. The largest absolute Gasteiger partial charge is 0.444 e. The number of benzene rings is 1. The minimum absolute atomic E-state index is 0.0331. The smallest absolute Gasteiger partial charge is 0.408 e. The second-order valence-corrected chi connectivity index (χ2v) is 14.3. The van der Waals surface area contributed by atoms with Gasteiger partial charge in [0.15, 0.2) is 5.13 Å². The quantitative estimate of drug-likeness (QED) is 0.183. The third-order valence-corrected chi connectivity index (χ3v) is 8.56. The molecule has 3 unspecified atom stereocenters. The summed E-state index contributed by atoms with van der Waals surface area (Å²) in [4.78, 5) is 32.1. The summed E-state index contributed by atoms with van der Waals surface area (Å²) in [6, 6.07) is 16.4. The SMILES string of the molecule is CC.CCC(C)CCC(C)C(F)(F)CC.CCC(C)Cc1ccccc1.Cc1cccc(-c2csc(NC(=O)CNC(=O)OC(C)(C)C)n2)n1. The molecule has 1 aromatic carbocycles. The Labute approximate surface area is 305 Å². The number of aromatic nitrogens is 2. The fourth-order valence-corrected chi connectivity index (χ4v) is 4.94. The van der Waals surface area contributed by atoms with Crippen LogP contribution >= 0.6 is 11.3 Å². The molecule has 2 aromatic heterocycles. The summed E-state index contributed by atoms with van der Waals surface area (Å²) in [7, 11) is 0. The van der Waals surface area contributed by atoms with Gasteiger partial charge in [0.1, 0.15) is 17.8 Å². The molecule has 0 fully saturated rings. The molecule has 0 radical (unpaired) electrons. The van der Waals surface area contributed by atoms with Gasteiger partial charge in [0.2, 0.25) is 11.8 Å². The van der Waals surface area contributed by atoms with Gasteiger partial charge in [0, 0.05) is 23.4 Å². The number of carbonyl (C=O) groups is 2. The molecule has 0 aliphatic rings. The van der Waals surface area contributed by atoms with E-state index in [9.17, 15) is 18.4 Å². The van der Waals surface area contributed by atoms with Gasteiger partial charge in [-0.25, -0.2) is 18.6 Å². The summed E-state index contributed by atoms with van der Waals surface area (Å²) in [6.45, 7) is 23.0.